The Morgan fingerprint density at radius 3 is 2.94 bits per heavy atom. The van der Waals surface area contributed by atoms with E-state index < -0.39 is 0 Å². The van der Waals surface area contributed by atoms with Crippen LogP contribution >= 0.6 is 15.9 Å². The SMILES string of the molecule is CCc1cnc(CNC(=O)c2cncc(Br)c2)o1. The minimum atomic E-state index is -0.208. The summed E-state index contributed by atoms with van der Waals surface area (Å²) in [5.41, 5.74) is 0.492. The van der Waals surface area contributed by atoms with Crippen LogP contribution in [0, 0.1) is 0 Å². The topological polar surface area (TPSA) is 68.0 Å². The van der Waals surface area contributed by atoms with Gasteiger partial charge in [-0.2, -0.15) is 0 Å². The Morgan fingerprint density at radius 2 is 2.28 bits per heavy atom. The fraction of sp³-hybridized carbons (Fsp3) is 0.250. The first-order valence-electron chi connectivity index (χ1n) is 5.51. The molecule has 0 aromatic carbocycles. The molecule has 94 valence electrons. The summed E-state index contributed by atoms with van der Waals surface area (Å²) in [5, 5.41) is 2.72. The highest BCUT2D eigenvalue weighted by atomic mass is 79.9. The van der Waals surface area contributed by atoms with E-state index >= 15 is 0 Å². The van der Waals surface area contributed by atoms with Crippen molar-refractivity contribution < 1.29 is 9.21 Å². The number of oxazole rings is 1. The summed E-state index contributed by atoms with van der Waals surface area (Å²) in [6.07, 6.45) is 5.59. The van der Waals surface area contributed by atoms with Crippen LogP contribution in [0.25, 0.3) is 0 Å². The highest BCUT2D eigenvalue weighted by Crippen LogP contribution is 2.10. The third-order valence-electron chi connectivity index (χ3n) is 2.32. The number of halogens is 1. The molecule has 2 heterocycles. The molecule has 0 atom stereocenters. The molecule has 1 amide bonds. The molecule has 6 heteroatoms. The lowest BCUT2D eigenvalue weighted by Gasteiger charge is -2.02. The number of amides is 1. The number of nitrogens with one attached hydrogen (secondary N) is 1. The molecule has 0 unspecified atom stereocenters. The van der Waals surface area contributed by atoms with Crippen molar-refractivity contribution in [2.24, 2.45) is 0 Å². The van der Waals surface area contributed by atoms with Gasteiger partial charge in [0.2, 0.25) is 5.89 Å². The normalized spacial score (nSPS) is 10.3. The second kappa shape index (κ2) is 5.77. The second-order valence-corrected chi connectivity index (χ2v) is 4.56. The fourth-order valence-electron chi connectivity index (χ4n) is 1.39. The summed E-state index contributed by atoms with van der Waals surface area (Å²) in [7, 11) is 0. The molecule has 0 fully saturated rings. The Labute approximate surface area is 113 Å². The number of carbonyl (C=O) groups excluding carboxylic acids is 1. The van der Waals surface area contributed by atoms with Gasteiger partial charge in [0.25, 0.3) is 5.91 Å². The molecule has 2 aromatic rings. The maximum atomic E-state index is 11.8. The Morgan fingerprint density at radius 1 is 1.44 bits per heavy atom. The minimum absolute atomic E-state index is 0.208. The average Bonchev–Trinajstić information content (AvgIpc) is 2.84. The molecule has 18 heavy (non-hydrogen) atoms. The fourth-order valence-corrected chi connectivity index (χ4v) is 1.75. The monoisotopic (exact) mass is 309 g/mol. The zero-order valence-electron chi connectivity index (χ0n) is 9.81. The zero-order chi connectivity index (χ0) is 13.0. The van der Waals surface area contributed by atoms with E-state index in [1.165, 1.54) is 6.20 Å². The molecule has 0 aliphatic carbocycles. The smallest absolute Gasteiger partial charge is 0.253 e. The summed E-state index contributed by atoms with van der Waals surface area (Å²) in [4.78, 5) is 19.8. The van der Waals surface area contributed by atoms with E-state index in [4.69, 9.17) is 4.42 Å². The van der Waals surface area contributed by atoms with E-state index in [2.05, 4.69) is 31.2 Å². The molecule has 0 saturated heterocycles. The number of nitrogens with zero attached hydrogens (tertiary/aromatic N) is 2. The molecule has 0 aliphatic heterocycles. The number of hydrogen-bond acceptors (Lipinski definition) is 4. The maximum Gasteiger partial charge on any atom is 0.253 e. The molecule has 0 bridgehead atoms. The van der Waals surface area contributed by atoms with Crippen LogP contribution in [0.3, 0.4) is 0 Å². The van der Waals surface area contributed by atoms with Crippen LogP contribution in [0.1, 0.15) is 28.9 Å². The van der Waals surface area contributed by atoms with Crippen molar-refractivity contribution in [1.29, 1.82) is 0 Å². The van der Waals surface area contributed by atoms with Crippen molar-refractivity contribution in [1.82, 2.24) is 15.3 Å². The highest BCUT2D eigenvalue weighted by molar-refractivity contribution is 9.10. The Hall–Kier alpha value is -1.69. The molecule has 5 nitrogen and oxygen atoms in total. The van der Waals surface area contributed by atoms with Gasteiger partial charge in [0, 0.05) is 23.3 Å². The number of carbonyl (C=O) groups is 1. The molecule has 0 aliphatic rings. The van der Waals surface area contributed by atoms with Crippen molar-refractivity contribution in [3.63, 3.8) is 0 Å². The van der Waals surface area contributed by atoms with Gasteiger partial charge in [0.15, 0.2) is 0 Å². The van der Waals surface area contributed by atoms with Gasteiger partial charge in [-0.05, 0) is 22.0 Å². The van der Waals surface area contributed by atoms with Gasteiger partial charge in [-0.3, -0.25) is 9.78 Å². The molecular weight excluding hydrogens is 298 g/mol. The third kappa shape index (κ3) is 3.16. The first-order chi connectivity index (χ1) is 8.69. The van der Waals surface area contributed by atoms with Crippen LogP contribution in [-0.4, -0.2) is 15.9 Å². The van der Waals surface area contributed by atoms with Crippen molar-refractivity contribution in [2.45, 2.75) is 19.9 Å². The van der Waals surface area contributed by atoms with Crippen LogP contribution in [-0.2, 0) is 13.0 Å². The van der Waals surface area contributed by atoms with Gasteiger partial charge in [-0.25, -0.2) is 4.98 Å². The molecule has 2 rings (SSSR count). The van der Waals surface area contributed by atoms with Crippen LogP contribution in [0.15, 0.2) is 33.5 Å². The van der Waals surface area contributed by atoms with Crippen molar-refractivity contribution in [2.75, 3.05) is 0 Å². The van der Waals surface area contributed by atoms with Crippen molar-refractivity contribution in [3.05, 3.63) is 46.3 Å². The number of rotatable bonds is 4. The van der Waals surface area contributed by atoms with Gasteiger partial charge in [0.05, 0.1) is 18.3 Å². The van der Waals surface area contributed by atoms with Crippen LogP contribution in [0.2, 0.25) is 0 Å². The first-order valence-corrected chi connectivity index (χ1v) is 6.30. The van der Waals surface area contributed by atoms with Gasteiger partial charge in [-0.15, -0.1) is 0 Å². The molecule has 0 saturated carbocycles. The van der Waals surface area contributed by atoms with E-state index in [-0.39, 0.29) is 12.5 Å². The predicted molar refractivity (Wildman–Crippen MR) is 69.0 cm³/mol. The number of aryl methyl sites for hydroxylation is 1. The Balaban J connectivity index is 1.96. The van der Waals surface area contributed by atoms with Crippen LogP contribution < -0.4 is 5.32 Å². The quantitative estimate of drug-likeness (QED) is 0.941. The third-order valence-corrected chi connectivity index (χ3v) is 2.75. The van der Waals surface area contributed by atoms with E-state index in [0.717, 1.165) is 16.7 Å². The van der Waals surface area contributed by atoms with Gasteiger partial charge >= 0.3 is 0 Å². The summed E-state index contributed by atoms with van der Waals surface area (Å²) < 4.78 is 6.16. The lowest BCUT2D eigenvalue weighted by molar-refractivity contribution is 0.0946. The standard InChI is InChI=1S/C12H12BrN3O2/c1-2-10-6-15-11(18-10)7-16-12(17)8-3-9(13)5-14-4-8/h3-6H,2,7H2,1H3,(H,16,17). The summed E-state index contributed by atoms with van der Waals surface area (Å²) in [5.74, 6) is 1.10. The van der Waals surface area contributed by atoms with Gasteiger partial charge in [-0.1, -0.05) is 6.92 Å². The van der Waals surface area contributed by atoms with Crippen LogP contribution in [0.5, 0.6) is 0 Å². The molecule has 2 aromatic heterocycles. The van der Waals surface area contributed by atoms with Crippen molar-refractivity contribution in [3.8, 4) is 0 Å². The largest absolute Gasteiger partial charge is 0.444 e. The molecule has 0 radical (unpaired) electrons. The maximum absolute atomic E-state index is 11.8. The molecule has 1 N–H and O–H groups in total. The van der Waals surface area contributed by atoms with Gasteiger partial charge < -0.3 is 9.73 Å². The lowest BCUT2D eigenvalue weighted by atomic mass is 10.3. The lowest BCUT2D eigenvalue weighted by Crippen LogP contribution is -2.23. The molecular formula is C12H12BrN3O2. The van der Waals surface area contributed by atoms with Crippen LogP contribution in [0.4, 0.5) is 0 Å². The van der Waals surface area contributed by atoms with Gasteiger partial charge in [0.1, 0.15) is 5.76 Å². The second-order valence-electron chi connectivity index (χ2n) is 3.65. The zero-order valence-corrected chi connectivity index (χ0v) is 11.4. The summed E-state index contributed by atoms with van der Waals surface area (Å²) in [6, 6.07) is 1.70. The first kappa shape index (κ1) is 12.8. The number of aromatic nitrogens is 2. The summed E-state index contributed by atoms with van der Waals surface area (Å²) >= 11 is 3.27. The van der Waals surface area contributed by atoms with E-state index in [9.17, 15) is 4.79 Å². The molecule has 0 spiro atoms. The minimum Gasteiger partial charge on any atom is -0.444 e. The van der Waals surface area contributed by atoms with E-state index in [1.807, 2.05) is 6.92 Å². The summed E-state index contributed by atoms with van der Waals surface area (Å²) in [6.45, 7) is 2.25. The average molecular weight is 310 g/mol. The Bertz CT molecular complexity index is 554. The van der Waals surface area contributed by atoms with E-state index in [0.29, 0.717) is 11.5 Å². The highest BCUT2D eigenvalue weighted by Gasteiger charge is 2.08. The Kier molecular flexibility index (Phi) is 4.09. The van der Waals surface area contributed by atoms with Crippen molar-refractivity contribution >= 4 is 21.8 Å². The predicted octanol–water partition coefficient (Wildman–Crippen LogP) is 2.32. The van der Waals surface area contributed by atoms with E-state index in [1.54, 1.807) is 18.5 Å². The number of hydrogen-bond donors (Lipinski definition) is 1. The number of pyridine rings is 1.